The van der Waals surface area contributed by atoms with Gasteiger partial charge in [-0.3, -0.25) is 5.41 Å². The molecule has 1 aromatic rings. The molecule has 2 rings (SSSR count). The summed E-state index contributed by atoms with van der Waals surface area (Å²) in [6.07, 6.45) is 4.81. The second kappa shape index (κ2) is 5.69. The number of nitrogens with one attached hydrogen (secondary N) is 1. The maximum atomic E-state index is 13.9. The lowest BCUT2D eigenvalue weighted by Gasteiger charge is -2.25. The molecule has 5 heteroatoms. The van der Waals surface area contributed by atoms with Gasteiger partial charge in [0.2, 0.25) is 0 Å². The summed E-state index contributed by atoms with van der Waals surface area (Å²) in [6.45, 7) is 0.535. The van der Waals surface area contributed by atoms with Crippen molar-refractivity contribution in [3.63, 3.8) is 0 Å². The van der Waals surface area contributed by atoms with E-state index in [9.17, 15) is 4.39 Å². The maximum absolute atomic E-state index is 13.9. The fourth-order valence-electron chi connectivity index (χ4n) is 1.97. The van der Waals surface area contributed by atoms with Gasteiger partial charge in [0, 0.05) is 5.56 Å². The van der Waals surface area contributed by atoms with Crippen LogP contribution >= 0.6 is 15.9 Å². The van der Waals surface area contributed by atoms with Gasteiger partial charge in [-0.15, -0.1) is 0 Å². The molecule has 1 aromatic carbocycles. The number of ether oxygens (including phenoxy) is 1. The van der Waals surface area contributed by atoms with Gasteiger partial charge in [-0.05, 0) is 40.4 Å². The Balaban J connectivity index is 1.99. The highest BCUT2D eigenvalue weighted by atomic mass is 79.9. The standard InChI is InChI=1S/C13H16BrFN2O/c14-11-9(13(16)17)4-5-10(12(11)15)18-7-6-8-2-1-3-8/h4-5,8H,1-3,6-7H2,(H3,16,17). The first kappa shape index (κ1) is 13.3. The predicted octanol–water partition coefficient (Wildman–Crippen LogP) is 3.44. The summed E-state index contributed by atoms with van der Waals surface area (Å²) in [5.41, 5.74) is 5.69. The Morgan fingerprint density at radius 1 is 1.50 bits per heavy atom. The molecule has 0 atom stereocenters. The van der Waals surface area contributed by atoms with Gasteiger partial charge in [-0.1, -0.05) is 19.3 Å². The number of nitrogens with two attached hydrogens (primary N) is 1. The van der Waals surface area contributed by atoms with E-state index in [0.717, 1.165) is 12.3 Å². The number of amidine groups is 1. The number of nitrogen functional groups attached to an aromatic ring is 1. The second-order valence-electron chi connectivity index (χ2n) is 4.59. The number of hydrogen-bond acceptors (Lipinski definition) is 2. The molecule has 0 radical (unpaired) electrons. The minimum atomic E-state index is -0.490. The summed E-state index contributed by atoms with van der Waals surface area (Å²) < 4.78 is 19.6. The van der Waals surface area contributed by atoms with Crippen molar-refractivity contribution < 1.29 is 9.13 Å². The first-order chi connectivity index (χ1) is 8.59. The van der Waals surface area contributed by atoms with Crippen LogP contribution in [0.15, 0.2) is 16.6 Å². The summed E-state index contributed by atoms with van der Waals surface area (Å²) in [6, 6.07) is 3.12. The molecule has 0 bridgehead atoms. The van der Waals surface area contributed by atoms with E-state index in [2.05, 4.69) is 15.9 Å². The minimum Gasteiger partial charge on any atom is -0.490 e. The molecular weight excluding hydrogens is 299 g/mol. The van der Waals surface area contributed by atoms with Crippen LogP contribution in [-0.4, -0.2) is 12.4 Å². The van der Waals surface area contributed by atoms with Crippen LogP contribution in [0.3, 0.4) is 0 Å². The van der Waals surface area contributed by atoms with E-state index < -0.39 is 5.82 Å². The van der Waals surface area contributed by atoms with Crippen LogP contribution in [0.2, 0.25) is 0 Å². The lowest BCUT2D eigenvalue weighted by atomic mass is 9.83. The molecule has 98 valence electrons. The van der Waals surface area contributed by atoms with Crippen molar-refractivity contribution in [1.29, 1.82) is 5.41 Å². The molecule has 1 aliphatic rings. The number of rotatable bonds is 5. The van der Waals surface area contributed by atoms with E-state index in [1.54, 1.807) is 6.07 Å². The molecule has 0 aliphatic heterocycles. The average molecular weight is 315 g/mol. The van der Waals surface area contributed by atoms with Crippen molar-refractivity contribution in [2.24, 2.45) is 11.7 Å². The summed E-state index contributed by atoms with van der Waals surface area (Å²) in [5, 5.41) is 7.31. The molecule has 1 aliphatic carbocycles. The Hall–Kier alpha value is -1.10. The first-order valence-corrected chi connectivity index (χ1v) is 6.84. The molecule has 1 fully saturated rings. The molecule has 0 amide bonds. The van der Waals surface area contributed by atoms with Gasteiger partial charge in [-0.2, -0.15) is 0 Å². The van der Waals surface area contributed by atoms with Crippen LogP contribution in [0.1, 0.15) is 31.2 Å². The smallest absolute Gasteiger partial charge is 0.179 e. The van der Waals surface area contributed by atoms with Crippen molar-refractivity contribution in [3.05, 3.63) is 28.0 Å². The van der Waals surface area contributed by atoms with Gasteiger partial charge in [-0.25, -0.2) is 4.39 Å². The van der Waals surface area contributed by atoms with Gasteiger partial charge in [0.1, 0.15) is 5.84 Å². The second-order valence-corrected chi connectivity index (χ2v) is 5.38. The quantitative estimate of drug-likeness (QED) is 0.646. The summed E-state index contributed by atoms with van der Waals surface area (Å²) in [5.74, 6) is 0.303. The fraction of sp³-hybridized carbons (Fsp3) is 0.462. The molecule has 3 nitrogen and oxygen atoms in total. The van der Waals surface area contributed by atoms with Gasteiger partial charge in [0.05, 0.1) is 11.1 Å². The predicted molar refractivity (Wildman–Crippen MR) is 72.6 cm³/mol. The number of hydrogen-bond donors (Lipinski definition) is 2. The molecule has 0 heterocycles. The molecule has 0 unspecified atom stereocenters. The summed E-state index contributed by atoms with van der Waals surface area (Å²) in [4.78, 5) is 0. The van der Waals surface area contributed by atoms with Gasteiger partial charge in [0.25, 0.3) is 0 Å². The minimum absolute atomic E-state index is 0.165. The number of halogens is 2. The molecule has 0 saturated heterocycles. The Labute approximate surface area is 114 Å². The summed E-state index contributed by atoms with van der Waals surface area (Å²) in [7, 11) is 0. The van der Waals surface area contributed by atoms with Crippen molar-refractivity contribution in [2.45, 2.75) is 25.7 Å². The molecule has 0 spiro atoms. The highest BCUT2D eigenvalue weighted by Gasteiger charge is 2.18. The largest absolute Gasteiger partial charge is 0.490 e. The first-order valence-electron chi connectivity index (χ1n) is 6.04. The lowest BCUT2D eigenvalue weighted by molar-refractivity contribution is 0.216. The lowest BCUT2D eigenvalue weighted by Crippen LogP contribution is -2.15. The Bertz CT molecular complexity index is 461. The third kappa shape index (κ3) is 2.83. The molecule has 1 saturated carbocycles. The highest BCUT2D eigenvalue weighted by Crippen LogP contribution is 2.31. The SMILES string of the molecule is N=C(N)c1ccc(OCCC2CCC2)c(F)c1Br. The summed E-state index contributed by atoms with van der Waals surface area (Å²) >= 11 is 3.10. The van der Waals surface area contributed by atoms with Gasteiger partial charge < -0.3 is 10.5 Å². The third-order valence-corrected chi connectivity index (χ3v) is 4.12. The van der Waals surface area contributed by atoms with Crippen LogP contribution in [-0.2, 0) is 0 Å². The molecule has 3 N–H and O–H groups in total. The van der Waals surface area contributed by atoms with E-state index in [4.69, 9.17) is 15.9 Å². The Kier molecular flexibility index (Phi) is 4.22. The van der Waals surface area contributed by atoms with Crippen molar-refractivity contribution in [2.75, 3.05) is 6.61 Å². The third-order valence-electron chi connectivity index (χ3n) is 3.35. The van der Waals surface area contributed by atoms with Crippen molar-refractivity contribution in [1.82, 2.24) is 0 Å². The van der Waals surface area contributed by atoms with E-state index in [1.807, 2.05) is 0 Å². The highest BCUT2D eigenvalue weighted by molar-refractivity contribution is 9.10. The van der Waals surface area contributed by atoms with E-state index in [-0.39, 0.29) is 16.1 Å². The zero-order chi connectivity index (χ0) is 13.1. The van der Waals surface area contributed by atoms with Crippen molar-refractivity contribution in [3.8, 4) is 5.75 Å². The van der Waals surface area contributed by atoms with Crippen molar-refractivity contribution >= 4 is 21.8 Å². The molecular formula is C13H16BrFN2O. The van der Waals surface area contributed by atoms with E-state index in [1.165, 1.54) is 25.3 Å². The maximum Gasteiger partial charge on any atom is 0.179 e. The Morgan fingerprint density at radius 3 is 2.78 bits per heavy atom. The van der Waals surface area contributed by atoms with Crippen LogP contribution < -0.4 is 10.5 Å². The normalized spacial score (nSPS) is 15.2. The molecule has 18 heavy (non-hydrogen) atoms. The van der Waals surface area contributed by atoms with E-state index in [0.29, 0.717) is 12.2 Å². The zero-order valence-electron chi connectivity index (χ0n) is 10.0. The van der Waals surface area contributed by atoms with Crippen LogP contribution in [0.25, 0.3) is 0 Å². The monoisotopic (exact) mass is 314 g/mol. The molecule has 0 aromatic heterocycles. The van der Waals surface area contributed by atoms with Crippen LogP contribution in [0.5, 0.6) is 5.75 Å². The Morgan fingerprint density at radius 2 is 2.22 bits per heavy atom. The average Bonchev–Trinajstić information content (AvgIpc) is 2.27. The number of benzene rings is 1. The van der Waals surface area contributed by atoms with Gasteiger partial charge >= 0.3 is 0 Å². The van der Waals surface area contributed by atoms with E-state index >= 15 is 0 Å². The fourth-order valence-corrected chi connectivity index (χ4v) is 2.51. The van der Waals surface area contributed by atoms with Gasteiger partial charge in [0.15, 0.2) is 11.6 Å². The zero-order valence-corrected chi connectivity index (χ0v) is 11.6. The van der Waals surface area contributed by atoms with Crippen LogP contribution in [0, 0.1) is 17.1 Å². The van der Waals surface area contributed by atoms with Crippen LogP contribution in [0.4, 0.5) is 4.39 Å². The topological polar surface area (TPSA) is 59.1 Å².